The van der Waals surface area contributed by atoms with Crippen molar-refractivity contribution < 1.29 is 24.6 Å². The second-order valence-electron chi connectivity index (χ2n) is 8.80. The molecule has 0 unspecified atom stereocenters. The van der Waals surface area contributed by atoms with Gasteiger partial charge in [0.05, 0.1) is 29.9 Å². The average molecular weight is 451 g/mol. The lowest BCUT2D eigenvalue weighted by molar-refractivity contribution is 0.0695. The van der Waals surface area contributed by atoms with Crippen LogP contribution < -0.4 is 10.6 Å². The summed E-state index contributed by atoms with van der Waals surface area (Å²) in [6.07, 6.45) is 2.78. The van der Waals surface area contributed by atoms with Crippen LogP contribution in [-0.4, -0.2) is 54.7 Å². The molecule has 0 aliphatic heterocycles. The van der Waals surface area contributed by atoms with Gasteiger partial charge in [0, 0.05) is 12.1 Å². The van der Waals surface area contributed by atoms with Crippen molar-refractivity contribution in [2.75, 3.05) is 6.61 Å². The number of aromatic nitrogens is 3. The average Bonchev–Trinajstić information content (AvgIpc) is 3.40. The van der Waals surface area contributed by atoms with Gasteiger partial charge in [-0.05, 0) is 56.4 Å². The van der Waals surface area contributed by atoms with Crippen molar-refractivity contribution in [3.63, 3.8) is 0 Å². The molecule has 0 spiro atoms. The minimum atomic E-state index is -0.976. The first-order chi connectivity index (χ1) is 15.6. The number of benzene rings is 1. The lowest BCUT2D eigenvalue weighted by Crippen LogP contribution is -2.46. The summed E-state index contributed by atoms with van der Waals surface area (Å²) in [5, 5.41) is 28.6. The summed E-state index contributed by atoms with van der Waals surface area (Å²) in [6, 6.07) is 5.97. The number of fused-ring (bicyclic) bond motifs is 2. The fourth-order valence-electron chi connectivity index (χ4n) is 4.10. The van der Waals surface area contributed by atoms with E-state index >= 15 is 0 Å². The molecule has 10 heteroatoms. The highest BCUT2D eigenvalue weighted by Gasteiger charge is 2.29. The standard InChI is InChI=1S/C23H25N5O5/c1-12-13-6-7-16(15(13)5-4-14(12)22(32)33)26-21(31)18-10-17(20(30)27-23(2,3)11-29)25-19-8-9-24-28(18)19/h4-5,8-10,16,29H,6-7,11H2,1-3H3,(H,26,31)(H,27,30)(H,32,33)/t16-/m0/s1. The molecule has 33 heavy (non-hydrogen) atoms. The third-order valence-electron chi connectivity index (χ3n) is 5.90. The Hall–Kier alpha value is -3.79. The molecule has 0 radical (unpaired) electrons. The van der Waals surface area contributed by atoms with Crippen molar-refractivity contribution in [2.24, 2.45) is 0 Å². The Morgan fingerprint density at radius 2 is 1.97 bits per heavy atom. The van der Waals surface area contributed by atoms with E-state index in [-0.39, 0.29) is 29.6 Å². The Bertz CT molecular complexity index is 1280. The summed E-state index contributed by atoms with van der Waals surface area (Å²) in [5.41, 5.74) is 2.45. The molecule has 0 fully saturated rings. The maximum Gasteiger partial charge on any atom is 0.335 e. The van der Waals surface area contributed by atoms with Gasteiger partial charge in [-0.25, -0.2) is 14.3 Å². The van der Waals surface area contributed by atoms with Crippen LogP contribution in [0.2, 0.25) is 0 Å². The van der Waals surface area contributed by atoms with Crippen LogP contribution in [0.5, 0.6) is 0 Å². The minimum Gasteiger partial charge on any atom is -0.478 e. The molecule has 0 saturated carbocycles. The van der Waals surface area contributed by atoms with E-state index in [0.29, 0.717) is 24.1 Å². The van der Waals surface area contributed by atoms with Gasteiger partial charge < -0.3 is 20.8 Å². The second-order valence-corrected chi connectivity index (χ2v) is 8.80. The predicted octanol–water partition coefficient (Wildman–Crippen LogP) is 1.65. The van der Waals surface area contributed by atoms with Crippen molar-refractivity contribution in [3.05, 3.63) is 64.1 Å². The third-order valence-corrected chi connectivity index (χ3v) is 5.90. The summed E-state index contributed by atoms with van der Waals surface area (Å²) in [7, 11) is 0. The Morgan fingerprint density at radius 1 is 1.21 bits per heavy atom. The van der Waals surface area contributed by atoms with E-state index in [1.165, 1.54) is 16.8 Å². The number of aliphatic hydroxyl groups is 1. The Morgan fingerprint density at radius 3 is 2.67 bits per heavy atom. The molecular weight excluding hydrogens is 426 g/mol. The van der Waals surface area contributed by atoms with E-state index in [1.807, 2.05) is 0 Å². The van der Waals surface area contributed by atoms with Crippen LogP contribution in [0.1, 0.15) is 74.3 Å². The molecular formula is C23H25N5O5. The maximum absolute atomic E-state index is 13.2. The number of hydrogen-bond acceptors (Lipinski definition) is 6. The third kappa shape index (κ3) is 4.17. The highest BCUT2D eigenvalue weighted by Crippen LogP contribution is 2.34. The van der Waals surface area contributed by atoms with Crippen LogP contribution in [-0.2, 0) is 6.42 Å². The van der Waals surface area contributed by atoms with Gasteiger partial charge in [0.25, 0.3) is 11.8 Å². The zero-order chi connectivity index (χ0) is 23.9. The van der Waals surface area contributed by atoms with Crippen LogP contribution in [0.4, 0.5) is 0 Å². The Kier molecular flexibility index (Phi) is 5.62. The van der Waals surface area contributed by atoms with Crippen LogP contribution >= 0.6 is 0 Å². The smallest absolute Gasteiger partial charge is 0.335 e. The lowest BCUT2D eigenvalue weighted by Gasteiger charge is -2.23. The number of carbonyl (C=O) groups excluding carboxylic acids is 2. The number of amides is 2. The van der Waals surface area contributed by atoms with Crippen molar-refractivity contribution in [1.29, 1.82) is 0 Å². The second kappa shape index (κ2) is 8.28. The molecule has 0 bridgehead atoms. The van der Waals surface area contributed by atoms with E-state index < -0.39 is 23.3 Å². The highest BCUT2D eigenvalue weighted by atomic mass is 16.4. The number of rotatable bonds is 6. The summed E-state index contributed by atoms with van der Waals surface area (Å²) in [5.74, 6) is -1.93. The molecule has 1 aliphatic rings. The summed E-state index contributed by atoms with van der Waals surface area (Å²) < 4.78 is 1.36. The van der Waals surface area contributed by atoms with Gasteiger partial charge in [0.2, 0.25) is 0 Å². The fraction of sp³-hybridized carbons (Fsp3) is 0.348. The first-order valence-electron chi connectivity index (χ1n) is 10.6. The van der Waals surface area contributed by atoms with Gasteiger partial charge in [-0.15, -0.1) is 0 Å². The minimum absolute atomic E-state index is 0.0310. The zero-order valence-electron chi connectivity index (χ0n) is 18.5. The molecule has 1 aliphatic carbocycles. The van der Waals surface area contributed by atoms with Crippen LogP contribution in [0.25, 0.3) is 5.65 Å². The number of carbonyl (C=O) groups is 3. The van der Waals surface area contributed by atoms with E-state index in [4.69, 9.17) is 0 Å². The largest absolute Gasteiger partial charge is 0.478 e. The Labute approximate surface area is 189 Å². The van der Waals surface area contributed by atoms with Gasteiger partial charge in [-0.3, -0.25) is 9.59 Å². The van der Waals surface area contributed by atoms with Gasteiger partial charge in [-0.1, -0.05) is 6.07 Å². The fourth-order valence-corrected chi connectivity index (χ4v) is 4.10. The van der Waals surface area contributed by atoms with Crippen molar-refractivity contribution in [1.82, 2.24) is 25.2 Å². The van der Waals surface area contributed by atoms with Gasteiger partial charge in [-0.2, -0.15) is 5.10 Å². The van der Waals surface area contributed by atoms with Gasteiger partial charge >= 0.3 is 5.97 Å². The van der Waals surface area contributed by atoms with Crippen LogP contribution in [0, 0.1) is 6.92 Å². The van der Waals surface area contributed by atoms with Crippen LogP contribution in [0.15, 0.2) is 30.5 Å². The molecule has 1 aromatic carbocycles. The number of carboxylic acids is 1. The lowest BCUT2D eigenvalue weighted by atomic mass is 9.98. The summed E-state index contributed by atoms with van der Waals surface area (Å²) in [6.45, 7) is 4.86. The quantitative estimate of drug-likeness (QED) is 0.446. The number of hydrogen-bond donors (Lipinski definition) is 4. The highest BCUT2D eigenvalue weighted by molar-refractivity contribution is 5.98. The number of carboxylic acid groups (broad SMARTS) is 1. The van der Waals surface area contributed by atoms with E-state index in [0.717, 1.165) is 11.1 Å². The molecule has 2 heterocycles. The van der Waals surface area contributed by atoms with Gasteiger partial charge in [0.15, 0.2) is 5.65 Å². The Balaban J connectivity index is 1.64. The summed E-state index contributed by atoms with van der Waals surface area (Å²) in [4.78, 5) is 41.6. The first-order valence-corrected chi connectivity index (χ1v) is 10.6. The molecule has 4 N–H and O–H groups in total. The number of nitrogens with zero attached hydrogens (tertiary/aromatic N) is 3. The van der Waals surface area contributed by atoms with Crippen molar-refractivity contribution in [2.45, 2.75) is 45.2 Å². The predicted molar refractivity (Wildman–Crippen MR) is 118 cm³/mol. The molecule has 10 nitrogen and oxygen atoms in total. The summed E-state index contributed by atoms with van der Waals surface area (Å²) >= 11 is 0. The first kappa shape index (κ1) is 22.4. The number of aromatic carboxylic acids is 1. The molecule has 2 amide bonds. The molecule has 172 valence electrons. The van der Waals surface area contributed by atoms with Crippen LogP contribution in [0.3, 0.4) is 0 Å². The molecule has 4 rings (SSSR count). The van der Waals surface area contributed by atoms with E-state index in [1.54, 1.807) is 39.0 Å². The van der Waals surface area contributed by atoms with Crippen molar-refractivity contribution >= 4 is 23.4 Å². The SMILES string of the molecule is Cc1c(C(=O)O)ccc2c1CC[C@@H]2NC(=O)c1cc(C(=O)NC(C)(C)CO)nc2ccnn12. The zero-order valence-corrected chi connectivity index (χ0v) is 18.5. The molecule has 3 aromatic rings. The number of nitrogens with one attached hydrogen (secondary N) is 2. The van der Waals surface area contributed by atoms with E-state index in [2.05, 4.69) is 20.7 Å². The normalized spacial score (nSPS) is 15.3. The molecule has 1 atom stereocenters. The van der Waals surface area contributed by atoms with Gasteiger partial charge in [0.1, 0.15) is 11.4 Å². The molecule has 2 aromatic heterocycles. The number of aliphatic hydroxyl groups excluding tert-OH is 1. The van der Waals surface area contributed by atoms with E-state index in [9.17, 15) is 24.6 Å². The maximum atomic E-state index is 13.2. The monoisotopic (exact) mass is 451 g/mol. The molecule has 0 saturated heterocycles. The van der Waals surface area contributed by atoms with Crippen molar-refractivity contribution in [3.8, 4) is 0 Å². The topological polar surface area (TPSA) is 146 Å².